The maximum Gasteiger partial charge on any atom is 0.223 e. The fourth-order valence-corrected chi connectivity index (χ4v) is 0.670. The van der Waals surface area contributed by atoms with Crippen molar-refractivity contribution < 1.29 is 0 Å². The monoisotopic (exact) mass is 152 g/mol. The first-order valence-electron chi connectivity index (χ1n) is 3.45. The van der Waals surface area contributed by atoms with Gasteiger partial charge in [0.05, 0.1) is 0 Å². The van der Waals surface area contributed by atoms with Crippen molar-refractivity contribution in [1.29, 1.82) is 0 Å². The maximum atomic E-state index is 5.39. The fourth-order valence-electron chi connectivity index (χ4n) is 0.670. The predicted octanol–water partition coefficient (Wildman–Crippen LogP) is 0.751. The number of nitrogens with zero attached hydrogens (tertiary/aromatic N) is 3. The van der Waals surface area contributed by atoms with Crippen LogP contribution in [0, 0.1) is 0 Å². The first-order valence-corrected chi connectivity index (χ1v) is 3.45. The van der Waals surface area contributed by atoms with Crippen molar-refractivity contribution in [3.63, 3.8) is 0 Å². The van der Waals surface area contributed by atoms with Gasteiger partial charge in [0.25, 0.3) is 0 Å². The molecule has 1 aromatic heterocycles. The van der Waals surface area contributed by atoms with Crippen molar-refractivity contribution in [3.8, 4) is 0 Å². The Morgan fingerprint density at radius 3 is 2.27 bits per heavy atom. The molecule has 4 nitrogen and oxygen atoms in total. The molecule has 1 rings (SSSR count). The van der Waals surface area contributed by atoms with Gasteiger partial charge in [0, 0.05) is 5.41 Å². The molecule has 0 radical (unpaired) electrons. The van der Waals surface area contributed by atoms with Crippen LogP contribution in [-0.4, -0.2) is 15.0 Å². The summed E-state index contributed by atoms with van der Waals surface area (Å²) >= 11 is 0. The molecule has 1 aromatic rings. The Balaban J connectivity index is 3.06. The van der Waals surface area contributed by atoms with Gasteiger partial charge in [-0.3, -0.25) is 0 Å². The zero-order valence-electron chi connectivity index (χ0n) is 7.00. The molecular weight excluding hydrogens is 140 g/mol. The lowest BCUT2D eigenvalue weighted by Gasteiger charge is -2.15. The van der Waals surface area contributed by atoms with Crippen LogP contribution in [0.2, 0.25) is 0 Å². The Labute approximate surface area is 65.9 Å². The Morgan fingerprint density at radius 2 is 1.91 bits per heavy atom. The second-order valence-electron chi connectivity index (χ2n) is 3.42. The molecule has 0 saturated heterocycles. The van der Waals surface area contributed by atoms with Crippen molar-refractivity contribution >= 4 is 5.95 Å². The average molecular weight is 152 g/mol. The number of rotatable bonds is 0. The molecule has 0 saturated carbocycles. The number of hydrogen-bond acceptors (Lipinski definition) is 4. The molecular formula is C7H12N4. The Hall–Kier alpha value is -1.19. The van der Waals surface area contributed by atoms with E-state index in [9.17, 15) is 0 Å². The van der Waals surface area contributed by atoms with Gasteiger partial charge in [-0.05, 0) is 0 Å². The normalized spacial score (nSPS) is 11.5. The van der Waals surface area contributed by atoms with Gasteiger partial charge in [-0.15, -0.1) is 0 Å². The van der Waals surface area contributed by atoms with Crippen LogP contribution in [0.3, 0.4) is 0 Å². The van der Waals surface area contributed by atoms with E-state index in [1.165, 1.54) is 6.33 Å². The maximum absolute atomic E-state index is 5.39. The third-order valence-electron chi connectivity index (χ3n) is 1.26. The Kier molecular flexibility index (Phi) is 1.76. The van der Waals surface area contributed by atoms with Crippen molar-refractivity contribution in [1.82, 2.24) is 15.0 Å². The summed E-state index contributed by atoms with van der Waals surface area (Å²) in [5, 5.41) is 0. The number of nitrogen functional groups attached to an aromatic ring is 1. The molecule has 11 heavy (non-hydrogen) atoms. The highest BCUT2D eigenvalue weighted by Crippen LogP contribution is 2.16. The van der Waals surface area contributed by atoms with Crippen molar-refractivity contribution in [2.45, 2.75) is 26.2 Å². The minimum Gasteiger partial charge on any atom is -0.368 e. The highest BCUT2D eigenvalue weighted by molar-refractivity contribution is 5.15. The quantitative estimate of drug-likeness (QED) is 0.595. The molecule has 4 heteroatoms. The topological polar surface area (TPSA) is 64.7 Å². The molecule has 0 fully saturated rings. The summed E-state index contributed by atoms with van der Waals surface area (Å²) < 4.78 is 0. The first kappa shape index (κ1) is 7.91. The highest BCUT2D eigenvalue weighted by Gasteiger charge is 2.16. The van der Waals surface area contributed by atoms with E-state index in [1.54, 1.807) is 0 Å². The molecule has 0 aliphatic rings. The highest BCUT2D eigenvalue weighted by atomic mass is 15.1. The number of nitrogens with two attached hydrogens (primary N) is 1. The van der Waals surface area contributed by atoms with E-state index in [0.29, 0.717) is 0 Å². The van der Waals surface area contributed by atoms with E-state index in [1.807, 2.05) is 20.8 Å². The molecule has 0 aromatic carbocycles. The van der Waals surface area contributed by atoms with Crippen LogP contribution < -0.4 is 5.73 Å². The van der Waals surface area contributed by atoms with Crippen LogP contribution in [0.5, 0.6) is 0 Å². The number of hydrogen-bond donors (Lipinski definition) is 1. The summed E-state index contributed by atoms with van der Waals surface area (Å²) in [6.45, 7) is 6.09. The molecule has 0 aliphatic carbocycles. The molecule has 2 N–H and O–H groups in total. The van der Waals surface area contributed by atoms with Crippen LogP contribution in [0.4, 0.5) is 5.95 Å². The SMILES string of the molecule is CC(C)(C)c1ncnc(N)n1. The lowest BCUT2D eigenvalue weighted by atomic mass is 9.96. The van der Waals surface area contributed by atoms with E-state index in [0.717, 1.165) is 5.82 Å². The van der Waals surface area contributed by atoms with Crippen LogP contribution >= 0.6 is 0 Å². The summed E-state index contributed by atoms with van der Waals surface area (Å²) in [5.41, 5.74) is 5.33. The standard InChI is InChI=1S/C7H12N4/c1-7(2,3)5-9-4-10-6(8)11-5/h4H,1-3H3,(H2,8,9,10,11). The van der Waals surface area contributed by atoms with E-state index in [2.05, 4.69) is 15.0 Å². The first-order chi connectivity index (χ1) is 5.00. The number of anilines is 1. The van der Waals surface area contributed by atoms with Crippen LogP contribution in [0.25, 0.3) is 0 Å². The third-order valence-corrected chi connectivity index (χ3v) is 1.26. The third kappa shape index (κ3) is 1.86. The van der Waals surface area contributed by atoms with Crippen molar-refractivity contribution in [2.75, 3.05) is 5.73 Å². The van der Waals surface area contributed by atoms with Gasteiger partial charge in [0.15, 0.2) is 0 Å². The fraction of sp³-hybridized carbons (Fsp3) is 0.571. The molecule has 0 bridgehead atoms. The summed E-state index contributed by atoms with van der Waals surface area (Å²) in [7, 11) is 0. The minimum atomic E-state index is -0.0585. The van der Waals surface area contributed by atoms with Crippen LogP contribution in [0.15, 0.2) is 6.33 Å². The van der Waals surface area contributed by atoms with E-state index in [4.69, 9.17) is 5.73 Å². The van der Waals surface area contributed by atoms with E-state index < -0.39 is 0 Å². The van der Waals surface area contributed by atoms with Gasteiger partial charge in [-0.2, -0.15) is 4.98 Å². The van der Waals surface area contributed by atoms with Gasteiger partial charge in [0.2, 0.25) is 5.95 Å². The van der Waals surface area contributed by atoms with Gasteiger partial charge >= 0.3 is 0 Å². The van der Waals surface area contributed by atoms with Crippen LogP contribution in [0.1, 0.15) is 26.6 Å². The zero-order valence-corrected chi connectivity index (χ0v) is 7.00. The van der Waals surface area contributed by atoms with Gasteiger partial charge in [-0.1, -0.05) is 20.8 Å². The van der Waals surface area contributed by atoms with Gasteiger partial charge < -0.3 is 5.73 Å². The summed E-state index contributed by atoms with van der Waals surface area (Å²) in [4.78, 5) is 11.7. The van der Waals surface area contributed by atoms with Gasteiger partial charge in [-0.25, -0.2) is 9.97 Å². The smallest absolute Gasteiger partial charge is 0.223 e. The second-order valence-corrected chi connectivity index (χ2v) is 3.42. The Morgan fingerprint density at radius 1 is 1.27 bits per heavy atom. The lowest BCUT2D eigenvalue weighted by Crippen LogP contribution is -2.17. The van der Waals surface area contributed by atoms with E-state index in [-0.39, 0.29) is 11.4 Å². The predicted molar refractivity (Wildman–Crippen MR) is 42.9 cm³/mol. The molecule has 0 aliphatic heterocycles. The second kappa shape index (κ2) is 2.45. The molecule has 0 spiro atoms. The van der Waals surface area contributed by atoms with Gasteiger partial charge in [0.1, 0.15) is 12.2 Å². The molecule has 60 valence electrons. The Bertz CT molecular complexity index is 251. The molecule has 0 atom stereocenters. The minimum absolute atomic E-state index is 0.0585. The zero-order chi connectivity index (χ0) is 8.48. The lowest BCUT2D eigenvalue weighted by molar-refractivity contribution is 0.543. The molecule has 0 amide bonds. The summed E-state index contributed by atoms with van der Waals surface area (Å²) in [6, 6.07) is 0. The van der Waals surface area contributed by atoms with Crippen molar-refractivity contribution in [3.05, 3.63) is 12.2 Å². The molecule has 0 unspecified atom stereocenters. The summed E-state index contributed by atoms with van der Waals surface area (Å²) in [5.74, 6) is 1.01. The van der Waals surface area contributed by atoms with E-state index >= 15 is 0 Å². The van der Waals surface area contributed by atoms with Crippen molar-refractivity contribution in [2.24, 2.45) is 0 Å². The van der Waals surface area contributed by atoms with Crippen LogP contribution in [-0.2, 0) is 5.41 Å². The average Bonchev–Trinajstić information content (AvgIpc) is 1.86. The largest absolute Gasteiger partial charge is 0.368 e. The summed E-state index contributed by atoms with van der Waals surface area (Å²) in [6.07, 6.45) is 1.43. The molecule has 1 heterocycles. The number of aromatic nitrogens is 3.